The van der Waals surface area contributed by atoms with Gasteiger partial charge in [-0.15, -0.1) is 11.3 Å². The minimum absolute atomic E-state index is 0.0885. The first-order valence-corrected chi connectivity index (χ1v) is 13.6. The summed E-state index contributed by atoms with van der Waals surface area (Å²) in [6.45, 7) is 1.62. The second-order valence-electron chi connectivity index (χ2n) is 9.89. The standard InChI is InChI=1S/C29H29N5O2S/c35-19-29(11-3-4-12-29)33-27(36)23-17-26(31-24-6-2-1-5-22(23)24)34-15-9-21(10-16-34)28-32-25(18-37-28)20-7-13-30-14-8-20/h1-8,13-14,17-18,21,35H,9-12,15-16,19H2,(H,33,36). The van der Waals surface area contributed by atoms with Gasteiger partial charge in [0.25, 0.3) is 5.91 Å². The number of thiazole rings is 1. The summed E-state index contributed by atoms with van der Waals surface area (Å²) >= 11 is 1.73. The molecule has 2 N–H and O–H groups in total. The van der Waals surface area contributed by atoms with Crippen LogP contribution in [0.4, 0.5) is 5.82 Å². The van der Waals surface area contributed by atoms with Gasteiger partial charge in [0.15, 0.2) is 0 Å². The van der Waals surface area contributed by atoms with Gasteiger partial charge < -0.3 is 15.3 Å². The normalized spacial score (nSPS) is 17.4. The molecular weight excluding hydrogens is 482 g/mol. The predicted molar refractivity (Wildman–Crippen MR) is 147 cm³/mol. The number of nitrogens with zero attached hydrogens (tertiary/aromatic N) is 4. The number of benzene rings is 1. The third-order valence-electron chi connectivity index (χ3n) is 7.48. The number of piperidine rings is 1. The van der Waals surface area contributed by atoms with Gasteiger partial charge in [0.2, 0.25) is 0 Å². The average molecular weight is 512 g/mol. The van der Waals surface area contributed by atoms with Crippen LogP contribution in [-0.2, 0) is 0 Å². The van der Waals surface area contributed by atoms with Crippen molar-refractivity contribution < 1.29 is 9.90 Å². The Morgan fingerprint density at radius 2 is 1.84 bits per heavy atom. The van der Waals surface area contributed by atoms with E-state index >= 15 is 0 Å². The van der Waals surface area contributed by atoms with Gasteiger partial charge in [0.05, 0.1) is 33.9 Å². The van der Waals surface area contributed by atoms with Crippen LogP contribution in [0.1, 0.15) is 47.0 Å². The minimum atomic E-state index is -0.622. The van der Waals surface area contributed by atoms with E-state index in [0.29, 0.717) is 24.3 Å². The maximum atomic E-state index is 13.5. The smallest absolute Gasteiger partial charge is 0.252 e. The van der Waals surface area contributed by atoms with Crippen molar-refractivity contribution in [1.82, 2.24) is 20.3 Å². The summed E-state index contributed by atoms with van der Waals surface area (Å²) in [5.41, 5.74) is 2.89. The van der Waals surface area contributed by atoms with Crippen LogP contribution in [0, 0.1) is 0 Å². The molecule has 1 saturated heterocycles. The number of hydrogen-bond donors (Lipinski definition) is 2. The highest BCUT2D eigenvalue weighted by Crippen LogP contribution is 2.35. The summed E-state index contributed by atoms with van der Waals surface area (Å²) in [6.07, 6.45) is 10.9. The SMILES string of the molecule is O=C(NC1(CO)CC=CC1)c1cc(N2CCC(c3nc(-c4ccncc4)cs3)CC2)nc2ccccc12. The van der Waals surface area contributed by atoms with E-state index in [1.54, 1.807) is 23.7 Å². The number of fused-ring (bicyclic) bond motifs is 1. The molecule has 6 rings (SSSR count). The lowest BCUT2D eigenvalue weighted by molar-refractivity contribution is 0.0847. The first kappa shape index (κ1) is 23.8. The number of carbonyl (C=O) groups is 1. The second-order valence-corrected chi connectivity index (χ2v) is 10.8. The molecule has 3 aromatic heterocycles. The van der Waals surface area contributed by atoms with Gasteiger partial charge >= 0.3 is 0 Å². The van der Waals surface area contributed by atoms with Crippen molar-refractivity contribution in [2.24, 2.45) is 0 Å². The first-order valence-electron chi connectivity index (χ1n) is 12.7. The molecule has 2 aliphatic rings. The zero-order valence-corrected chi connectivity index (χ0v) is 21.3. The lowest BCUT2D eigenvalue weighted by Gasteiger charge is -2.32. The third kappa shape index (κ3) is 4.74. The Labute approximate surface area is 219 Å². The van der Waals surface area contributed by atoms with Gasteiger partial charge in [-0.05, 0) is 49.9 Å². The molecule has 0 bridgehead atoms. The number of amides is 1. The molecule has 0 atom stereocenters. The molecule has 4 heterocycles. The Kier molecular flexibility index (Phi) is 6.44. The fraction of sp³-hybridized carbons (Fsp3) is 0.310. The summed E-state index contributed by atoms with van der Waals surface area (Å²) in [5.74, 6) is 1.07. The van der Waals surface area contributed by atoms with E-state index in [-0.39, 0.29) is 12.5 Å². The number of rotatable bonds is 6. The van der Waals surface area contributed by atoms with Crippen molar-refractivity contribution in [3.63, 3.8) is 0 Å². The summed E-state index contributed by atoms with van der Waals surface area (Å²) in [4.78, 5) is 29.7. The molecule has 37 heavy (non-hydrogen) atoms. The number of aliphatic hydroxyl groups excluding tert-OH is 1. The van der Waals surface area contributed by atoms with E-state index in [1.165, 1.54) is 5.01 Å². The molecule has 4 aromatic rings. The largest absolute Gasteiger partial charge is 0.394 e. The second kappa shape index (κ2) is 10.0. The lowest BCUT2D eigenvalue weighted by Crippen LogP contribution is -2.49. The summed E-state index contributed by atoms with van der Waals surface area (Å²) in [6, 6.07) is 13.7. The van der Waals surface area contributed by atoms with Crippen LogP contribution >= 0.6 is 11.3 Å². The topological polar surface area (TPSA) is 91.2 Å². The number of aliphatic hydroxyl groups is 1. The zero-order chi connectivity index (χ0) is 25.2. The van der Waals surface area contributed by atoms with Crippen molar-refractivity contribution in [2.75, 3.05) is 24.6 Å². The van der Waals surface area contributed by atoms with Crippen molar-refractivity contribution in [3.8, 4) is 11.3 Å². The first-order chi connectivity index (χ1) is 18.1. The van der Waals surface area contributed by atoms with Crippen LogP contribution in [0.2, 0.25) is 0 Å². The fourth-order valence-corrected chi connectivity index (χ4v) is 6.28. The predicted octanol–water partition coefficient (Wildman–Crippen LogP) is 4.95. The number of para-hydroxylation sites is 1. The van der Waals surface area contributed by atoms with Gasteiger partial charge in [-0.1, -0.05) is 30.4 Å². The highest BCUT2D eigenvalue weighted by Gasteiger charge is 2.33. The Hall–Kier alpha value is -3.62. The quantitative estimate of drug-likeness (QED) is 0.356. The van der Waals surface area contributed by atoms with Crippen LogP contribution < -0.4 is 10.2 Å². The average Bonchev–Trinajstić information content (AvgIpc) is 3.64. The van der Waals surface area contributed by atoms with Gasteiger partial charge in [0, 0.05) is 47.7 Å². The summed E-state index contributed by atoms with van der Waals surface area (Å²) in [7, 11) is 0. The summed E-state index contributed by atoms with van der Waals surface area (Å²) < 4.78 is 0. The Morgan fingerprint density at radius 3 is 2.59 bits per heavy atom. The molecule has 1 aliphatic heterocycles. The number of pyridine rings is 2. The molecule has 1 aromatic carbocycles. The minimum Gasteiger partial charge on any atom is -0.394 e. The maximum Gasteiger partial charge on any atom is 0.252 e. The molecule has 8 heteroatoms. The molecule has 1 amide bonds. The van der Waals surface area contributed by atoms with E-state index in [0.717, 1.165) is 53.9 Å². The number of hydrogen-bond acceptors (Lipinski definition) is 7. The van der Waals surface area contributed by atoms with Crippen molar-refractivity contribution >= 4 is 34.0 Å². The van der Waals surface area contributed by atoms with E-state index in [1.807, 2.05) is 54.6 Å². The maximum absolute atomic E-state index is 13.5. The third-order valence-corrected chi connectivity index (χ3v) is 8.49. The van der Waals surface area contributed by atoms with Crippen LogP contribution in [0.3, 0.4) is 0 Å². The van der Waals surface area contributed by atoms with E-state index < -0.39 is 5.54 Å². The zero-order valence-electron chi connectivity index (χ0n) is 20.5. The highest BCUT2D eigenvalue weighted by molar-refractivity contribution is 7.10. The Bertz CT molecular complexity index is 1440. The molecule has 0 unspecified atom stereocenters. The molecular formula is C29H29N5O2S. The van der Waals surface area contributed by atoms with Gasteiger partial charge in [-0.25, -0.2) is 9.97 Å². The fourth-order valence-electron chi connectivity index (χ4n) is 5.28. The molecule has 0 saturated carbocycles. The van der Waals surface area contributed by atoms with Crippen molar-refractivity contribution in [1.29, 1.82) is 0 Å². The number of anilines is 1. The van der Waals surface area contributed by atoms with Gasteiger partial charge in [-0.2, -0.15) is 0 Å². The van der Waals surface area contributed by atoms with E-state index in [9.17, 15) is 9.90 Å². The van der Waals surface area contributed by atoms with Gasteiger partial charge in [-0.3, -0.25) is 9.78 Å². The van der Waals surface area contributed by atoms with Gasteiger partial charge in [0.1, 0.15) is 5.82 Å². The van der Waals surface area contributed by atoms with Crippen molar-refractivity contribution in [2.45, 2.75) is 37.1 Å². The van der Waals surface area contributed by atoms with Crippen LogP contribution in [0.25, 0.3) is 22.2 Å². The lowest BCUT2D eigenvalue weighted by atomic mass is 9.96. The monoisotopic (exact) mass is 511 g/mol. The number of carbonyl (C=O) groups excluding carboxylic acids is 1. The summed E-state index contributed by atoms with van der Waals surface area (Å²) in [5, 5.41) is 17.2. The van der Waals surface area contributed by atoms with E-state index in [4.69, 9.17) is 9.97 Å². The number of nitrogens with one attached hydrogen (secondary N) is 1. The van der Waals surface area contributed by atoms with Crippen molar-refractivity contribution in [3.05, 3.63) is 83.0 Å². The van der Waals surface area contributed by atoms with E-state index in [2.05, 4.69) is 20.6 Å². The van der Waals surface area contributed by atoms with Crippen LogP contribution in [-0.4, -0.2) is 51.2 Å². The highest BCUT2D eigenvalue weighted by atomic mass is 32.1. The molecule has 0 spiro atoms. The molecule has 1 aliphatic carbocycles. The van der Waals surface area contributed by atoms with Crippen LogP contribution in [0.5, 0.6) is 0 Å². The Morgan fingerprint density at radius 1 is 1.08 bits per heavy atom. The molecule has 0 radical (unpaired) electrons. The molecule has 7 nitrogen and oxygen atoms in total. The Balaban J connectivity index is 1.21. The van der Waals surface area contributed by atoms with Crippen LogP contribution in [0.15, 0.2) is 72.4 Å². The molecule has 188 valence electrons. The number of aromatic nitrogens is 3. The molecule has 1 fully saturated rings.